The van der Waals surface area contributed by atoms with Gasteiger partial charge in [0.25, 0.3) is 5.91 Å². The first-order chi connectivity index (χ1) is 8.32. The number of primary amides is 2. The summed E-state index contributed by atoms with van der Waals surface area (Å²) in [6, 6.07) is 4.71. The van der Waals surface area contributed by atoms with Crippen LogP contribution in [-0.4, -0.2) is 17.9 Å². The van der Waals surface area contributed by atoms with Crippen molar-refractivity contribution < 1.29 is 9.59 Å². The molecule has 0 aliphatic carbocycles. The van der Waals surface area contributed by atoms with Gasteiger partial charge < -0.3 is 16.8 Å². The van der Waals surface area contributed by atoms with E-state index in [1.54, 1.807) is 6.07 Å². The smallest absolute Gasteiger partial charge is 0.250 e. The zero-order chi connectivity index (χ0) is 13.9. The van der Waals surface area contributed by atoms with E-state index in [-0.39, 0.29) is 6.04 Å². The van der Waals surface area contributed by atoms with Crippen molar-refractivity contribution in [2.45, 2.75) is 26.8 Å². The van der Waals surface area contributed by atoms with E-state index >= 15 is 0 Å². The molecule has 1 atom stereocenters. The van der Waals surface area contributed by atoms with Gasteiger partial charge in [0.05, 0.1) is 5.56 Å². The van der Waals surface area contributed by atoms with E-state index in [4.69, 9.17) is 11.5 Å². The molecular formula is C13H19N3O2. The lowest BCUT2D eigenvalue weighted by Gasteiger charge is -2.20. The second-order valence-corrected chi connectivity index (χ2v) is 4.67. The fourth-order valence-electron chi connectivity index (χ4n) is 1.44. The zero-order valence-corrected chi connectivity index (χ0v) is 10.9. The number of anilines is 1. The Morgan fingerprint density at radius 1 is 1.11 bits per heavy atom. The van der Waals surface area contributed by atoms with Crippen LogP contribution in [0.4, 0.5) is 5.69 Å². The van der Waals surface area contributed by atoms with E-state index in [1.807, 2.05) is 6.92 Å². The average molecular weight is 249 g/mol. The van der Waals surface area contributed by atoms with E-state index in [0.717, 1.165) is 0 Å². The first-order valence-corrected chi connectivity index (χ1v) is 5.83. The Bertz CT molecular complexity index is 469. The van der Waals surface area contributed by atoms with E-state index in [9.17, 15) is 9.59 Å². The third-order valence-corrected chi connectivity index (χ3v) is 2.95. The van der Waals surface area contributed by atoms with Gasteiger partial charge in [0.15, 0.2) is 0 Å². The number of carbonyl (C=O) groups is 2. The average Bonchev–Trinajstić information content (AvgIpc) is 2.28. The summed E-state index contributed by atoms with van der Waals surface area (Å²) in [5.41, 5.74) is 11.8. The molecule has 1 rings (SSSR count). The van der Waals surface area contributed by atoms with Crippen LogP contribution >= 0.6 is 0 Å². The van der Waals surface area contributed by atoms with Gasteiger partial charge >= 0.3 is 0 Å². The van der Waals surface area contributed by atoms with Crippen LogP contribution in [-0.2, 0) is 0 Å². The van der Waals surface area contributed by atoms with Crippen molar-refractivity contribution in [1.82, 2.24) is 0 Å². The largest absolute Gasteiger partial charge is 0.382 e. The second-order valence-electron chi connectivity index (χ2n) is 4.67. The van der Waals surface area contributed by atoms with Crippen molar-refractivity contribution in [3.05, 3.63) is 29.3 Å². The fraction of sp³-hybridized carbons (Fsp3) is 0.385. The van der Waals surface area contributed by atoms with Crippen molar-refractivity contribution in [1.29, 1.82) is 0 Å². The molecule has 5 heteroatoms. The van der Waals surface area contributed by atoms with Gasteiger partial charge in [-0.15, -0.1) is 0 Å². The first kappa shape index (κ1) is 14.0. The van der Waals surface area contributed by atoms with Gasteiger partial charge in [0.2, 0.25) is 5.91 Å². The minimum atomic E-state index is -0.538. The number of carbonyl (C=O) groups excluding carboxylic acids is 2. The molecule has 5 N–H and O–H groups in total. The predicted molar refractivity (Wildman–Crippen MR) is 71.4 cm³/mol. The Morgan fingerprint density at radius 2 is 1.72 bits per heavy atom. The molecule has 0 aliphatic rings. The minimum Gasteiger partial charge on any atom is -0.382 e. The topological polar surface area (TPSA) is 98.2 Å². The van der Waals surface area contributed by atoms with Gasteiger partial charge in [0.1, 0.15) is 0 Å². The van der Waals surface area contributed by atoms with E-state index in [0.29, 0.717) is 22.7 Å². The highest BCUT2D eigenvalue weighted by molar-refractivity contribution is 6.01. The third kappa shape index (κ3) is 3.23. The predicted octanol–water partition coefficient (Wildman–Crippen LogP) is 1.34. The molecule has 0 spiro atoms. The summed E-state index contributed by atoms with van der Waals surface area (Å²) in [7, 11) is 0. The van der Waals surface area contributed by atoms with Crippen LogP contribution in [0.3, 0.4) is 0 Å². The van der Waals surface area contributed by atoms with Crippen LogP contribution in [0.25, 0.3) is 0 Å². The van der Waals surface area contributed by atoms with Crippen LogP contribution in [0.2, 0.25) is 0 Å². The summed E-state index contributed by atoms with van der Waals surface area (Å²) in [6.07, 6.45) is 0. The van der Waals surface area contributed by atoms with Crippen LogP contribution in [0.1, 0.15) is 41.5 Å². The molecular weight excluding hydrogens is 230 g/mol. The molecule has 2 amide bonds. The molecule has 0 bridgehead atoms. The highest BCUT2D eigenvalue weighted by Gasteiger charge is 2.14. The molecule has 0 unspecified atom stereocenters. The molecule has 0 heterocycles. The van der Waals surface area contributed by atoms with Crippen LogP contribution in [0.5, 0.6) is 0 Å². The summed E-state index contributed by atoms with van der Waals surface area (Å²) < 4.78 is 0. The normalized spacial score (nSPS) is 12.2. The Kier molecular flexibility index (Phi) is 4.31. The van der Waals surface area contributed by atoms with Crippen LogP contribution < -0.4 is 16.8 Å². The highest BCUT2D eigenvalue weighted by atomic mass is 16.1. The molecule has 18 heavy (non-hydrogen) atoms. The van der Waals surface area contributed by atoms with Crippen molar-refractivity contribution in [3.8, 4) is 0 Å². The monoisotopic (exact) mass is 249 g/mol. The van der Waals surface area contributed by atoms with E-state index < -0.39 is 11.8 Å². The van der Waals surface area contributed by atoms with Crippen LogP contribution in [0.15, 0.2) is 18.2 Å². The maximum Gasteiger partial charge on any atom is 0.250 e. The SMILES string of the molecule is CC(C)[C@H](C)Nc1cc(C(N)=O)ccc1C(N)=O. The summed E-state index contributed by atoms with van der Waals surface area (Å²) in [6.45, 7) is 6.10. The number of nitrogens with one attached hydrogen (secondary N) is 1. The summed E-state index contributed by atoms with van der Waals surface area (Å²) >= 11 is 0. The maximum atomic E-state index is 11.3. The van der Waals surface area contributed by atoms with Crippen molar-refractivity contribution >= 4 is 17.5 Å². The van der Waals surface area contributed by atoms with Crippen molar-refractivity contribution in [2.24, 2.45) is 17.4 Å². The Morgan fingerprint density at radius 3 is 2.17 bits per heavy atom. The third-order valence-electron chi connectivity index (χ3n) is 2.95. The lowest BCUT2D eigenvalue weighted by Crippen LogP contribution is -2.24. The number of amides is 2. The van der Waals surface area contributed by atoms with Crippen LogP contribution in [0, 0.1) is 5.92 Å². The fourth-order valence-corrected chi connectivity index (χ4v) is 1.44. The molecule has 1 aromatic rings. The standard InChI is InChI=1S/C13H19N3O2/c1-7(2)8(3)16-11-6-9(12(14)17)4-5-10(11)13(15)18/h4-8,16H,1-3H3,(H2,14,17)(H2,15,18)/t8-/m0/s1. The second kappa shape index (κ2) is 5.53. The quantitative estimate of drug-likeness (QED) is 0.734. The van der Waals surface area contributed by atoms with Gasteiger partial charge in [-0.05, 0) is 31.0 Å². The van der Waals surface area contributed by atoms with E-state index in [1.165, 1.54) is 12.1 Å². The summed E-state index contributed by atoms with van der Waals surface area (Å²) in [5.74, 6) is -0.696. The summed E-state index contributed by atoms with van der Waals surface area (Å²) in [5, 5.41) is 3.18. The first-order valence-electron chi connectivity index (χ1n) is 5.83. The Balaban J connectivity index is 3.15. The minimum absolute atomic E-state index is 0.145. The molecule has 0 fully saturated rings. The number of hydrogen-bond donors (Lipinski definition) is 3. The Hall–Kier alpha value is -2.04. The molecule has 5 nitrogen and oxygen atoms in total. The zero-order valence-electron chi connectivity index (χ0n) is 10.9. The number of rotatable bonds is 5. The van der Waals surface area contributed by atoms with Gasteiger partial charge in [-0.1, -0.05) is 13.8 Å². The molecule has 0 aromatic heterocycles. The van der Waals surface area contributed by atoms with E-state index in [2.05, 4.69) is 19.2 Å². The maximum absolute atomic E-state index is 11.3. The number of hydrogen-bond acceptors (Lipinski definition) is 3. The van der Waals surface area contributed by atoms with Crippen molar-refractivity contribution in [2.75, 3.05) is 5.32 Å². The van der Waals surface area contributed by atoms with Gasteiger partial charge in [-0.3, -0.25) is 9.59 Å². The molecule has 0 saturated heterocycles. The molecule has 98 valence electrons. The van der Waals surface area contributed by atoms with Crippen molar-refractivity contribution in [3.63, 3.8) is 0 Å². The highest BCUT2D eigenvalue weighted by Crippen LogP contribution is 2.20. The summed E-state index contributed by atoms with van der Waals surface area (Å²) in [4.78, 5) is 22.5. The lowest BCUT2D eigenvalue weighted by molar-refractivity contribution is 0.0989. The lowest BCUT2D eigenvalue weighted by atomic mass is 10.0. The Labute approximate surface area is 107 Å². The molecule has 0 aliphatic heterocycles. The molecule has 0 radical (unpaired) electrons. The molecule has 0 saturated carbocycles. The molecule has 1 aromatic carbocycles. The number of nitrogens with two attached hydrogens (primary N) is 2. The van der Waals surface area contributed by atoms with Gasteiger partial charge in [0, 0.05) is 17.3 Å². The number of benzene rings is 1. The van der Waals surface area contributed by atoms with Gasteiger partial charge in [-0.25, -0.2) is 0 Å². The van der Waals surface area contributed by atoms with Gasteiger partial charge in [-0.2, -0.15) is 0 Å².